The summed E-state index contributed by atoms with van der Waals surface area (Å²) in [4.78, 5) is 12.2. The van der Waals surface area contributed by atoms with Gasteiger partial charge in [0.25, 0.3) is 0 Å². The average Bonchev–Trinajstić information content (AvgIpc) is 2.63. The molecule has 8 heteroatoms. The molecule has 0 fully saturated rings. The Morgan fingerprint density at radius 2 is 2.00 bits per heavy atom. The fourth-order valence-corrected chi connectivity index (χ4v) is 3.68. The highest BCUT2D eigenvalue weighted by atomic mass is 35.5. The molecule has 0 aromatic heterocycles. The third kappa shape index (κ3) is 6.90. The highest BCUT2D eigenvalue weighted by molar-refractivity contribution is 7.92. The van der Waals surface area contributed by atoms with Gasteiger partial charge in [-0.1, -0.05) is 36.4 Å². The summed E-state index contributed by atoms with van der Waals surface area (Å²) in [5, 5.41) is 3.23. The van der Waals surface area contributed by atoms with Crippen molar-refractivity contribution in [3.05, 3.63) is 66.2 Å². The van der Waals surface area contributed by atoms with Crippen LogP contribution in [0.25, 0.3) is 0 Å². The molecule has 0 atom stereocenters. The lowest BCUT2D eigenvalue weighted by Gasteiger charge is -2.22. The Morgan fingerprint density at radius 3 is 2.68 bits per heavy atom. The summed E-state index contributed by atoms with van der Waals surface area (Å²) in [6.07, 6.45) is 3.30. The molecule has 0 heterocycles. The van der Waals surface area contributed by atoms with Crippen LogP contribution in [0.4, 0.5) is 11.4 Å². The van der Waals surface area contributed by atoms with E-state index in [1.54, 1.807) is 54.6 Å². The van der Waals surface area contributed by atoms with Crippen molar-refractivity contribution in [3.63, 3.8) is 0 Å². The van der Waals surface area contributed by atoms with Crippen LogP contribution in [0.2, 0.25) is 5.02 Å². The maximum absolute atomic E-state index is 12.2. The monoisotopic (exact) mass is 422 g/mol. The van der Waals surface area contributed by atoms with Gasteiger partial charge in [0.05, 0.1) is 11.9 Å². The number of carbonyl (C=O) groups excluding carboxylic acids is 1. The van der Waals surface area contributed by atoms with Gasteiger partial charge in [-0.3, -0.25) is 9.10 Å². The number of rotatable bonds is 10. The van der Waals surface area contributed by atoms with Crippen molar-refractivity contribution in [2.45, 2.75) is 12.8 Å². The molecule has 0 aliphatic rings. The van der Waals surface area contributed by atoms with E-state index in [4.69, 9.17) is 16.3 Å². The zero-order valence-corrected chi connectivity index (χ0v) is 17.2. The van der Waals surface area contributed by atoms with E-state index in [1.165, 1.54) is 4.31 Å². The summed E-state index contributed by atoms with van der Waals surface area (Å²) in [7, 11) is -3.49. The van der Waals surface area contributed by atoms with Gasteiger partial charge in [0.1, 0.15) is 12.4 Å². The number of sulfonamides is 1. The topological polar surface area (TPSA) is 75.7 Å². The van der Waals surface area contributed by atoms with Crippen LogP contribution < -0.4 is 14.4 Å². The predicted molar refractivity (Wildman–Crippen MR) is 114 cm³/mol. The molecule has 1 N–H and O–H groups in total. The quantitative estimate of drug-likeness (QED) is 0.585. The zero-order chi connectivity index (χ0) is 20.6. The van der Waals surface area contributed by atoms with Crippen molar-refractivity contribution in [1.82, 2.24) is 0 Å². The van der Waals surface area contributed by atoms with E-state index in [0.717, 1.165) is 6.26 Å². The van der Waals surface area contributed by atoms with Gasteiger partial charge in [-0.05, 0) is 36.8 Å². The molecule has 0 aliphatic heterocycles. The smallest absolute Gasteiger partial charge is 0.232 e. The summed E-state index contributed by atoms with van der Waals surface area (Å²) in [6, 6.07) is 13.6. The number of benzene rings is 2. The van der Waals surface area contributed by atoms with E-state index in [9.17, 15) is 13.2 Å². The predicted octanol–water partition coefficient (Wildman–Crippen LogP) is 4.09. The van der Waals surface area contributed by atoms with E-state index in [1.807, 2.05) is 0 Å². The van der Waals surface area contributed by atoms with E-state index in [2.05, 4.69) is 11.9 Å². The van der Waals surface area contributed by atoms with Crippen molar-refractivity contribution < 1.29 is 17.9 Å². The van der Waals surface area contributed by atoms with Crippen molar-refractivity contribution in [1.29, 1.82) is 0 Å². The normalized spacial score (nSPS) is 10.9. The number of halogens is 1. The van der Waals surface area contributed by atoms with E-state index in [-0.39, 0.29) is 18.9 Å². The molecule has 1 amide bonds. The van der Waals surface area contributed by atoms with Gasteiger partial charge in [0, 0.05) is 29.7 Å². The standard InChI is InChI=1S/C20H23ClN2O4S/c1-3-13-27-19-10-5-8-17(15-19)22-20(24)11-6-12-23(28(2,25)26)18-9-4-7-16(21)14-18/h3-5,7-10,14-15H,1,6,11-13H2,2H3,(H,22,24). The average molecular weight is 423 g/mol. The van der Waals surface area contributed by atoms with Crippen molar-refractivity contribution >= 4 is 38.9 Å². The Bertz CT molecular complexity index is 931. The third-order valence-corrected chi connectivity index (χ3v) is 5.18. The molecule has 28 heavy (non-hydrogen) atoms. The first-order chi connectivity index (χ1) is 13.3. The summed E-state index contributed by atoms with van der Waals surface area (Å²) >= 11 is 5.96. The van der Waals surface area contributed by atoms with Crippen LogP contribution in [0.5, 0.6) is 5.75 Å². The van der Waals surface area contributed by atoms with Crippen LogP contribution in [0.15, 0.2) is 61.2 Å². The third-order valence-electron chi connectivity index (χ3n) is 3.75. The highest BCUT2D eigenvalue weighted by Crippen LogP contribution is 2.22. The lowest BCUT2D eigenvalue weighted by Crippen LogP contribution is -2.31. The number of amides is 1. The number of ether oxygens (including phenoxy) is 1. The molecule has 0 radical (unpaired) electrons. The minimum absolute atomic E-state index is 0.171. The van der Waals surface area contributed by atoms with Crippen LogP contribution in [0, 0.1) is 0 Å². The highest BCUT2D eigenvalue weighted by Gasteiger charge is 2.18. The first-order valence-electron chi connectivity index (χ1n) is 8.66. The first kappa shape index (κ1) is 21.8. The molecule has 0 bridgehead atoms. The Hall–Kier alpha value is -2.51. The lowest BCUT2D eigenvalue weighted by atomic mass is 10.2. The fourth-order valence-electron chi connectivity index (χ4n) is 2.54. The second kappa shape index (κ2) is 10.1. The number of nitrogens with zero attached hydrogens (tertiary/aromatic N) is 1. The maximum atomic E-state index is 12.2. The van der Waals surface area contributed by atoms with Gasteiger partial charge in [-0.25, -0.2) is 8.42 Å². The summed E-state index contributed by atoms with van der Waals surface area (Å²) in [6.45, 7) is 4.14. The molecular weight excluding hydrogens is 400 g/mol. The number of hydrogen-bond acceptors (Lipinski definition) is 4. The number of anilines is 2. The largest absolute Gasteiger partial charge is 0.489 e. The van der Waals surface area contributed by atoms with Gasteiger partial charge in [0.2, 0.25) is 15.9 Å². The molecule has 0 aliphatic carbocycles. The van der Waals surface area contributed by atoms with E-state index in [0.29, 0.717) is 35.2 Å². The molecule has 0 saturated heterocycles. The van der Waals surface area contributed by atoms with Crippen molar-refractivity contribution in [2.75, 3.05) is 29.0 Å². The molecule has 2 aromatic carbocycles. The molecule has 150 valence electrons. The molecule has 0 spiro atoms. The molecule has 6 nitrogen and oxygen atoms in total. The SMILES string of the molecule is C=CCOc1cccc(NC(=O)CCCN(c2cccc(Cl)c2)S(C)(=O)=O)c1. The summed E-state index contributed by atoms with van der Waals surface area (Å²) in [5.74, 6) is 0.419. The van der Waals surface area contributed by atoms with Gasteiger partial charge < -0.3 is 10.1 Å². The Labute approximate surface area is 170 Å². The maximum Gasteiger partial charge on any atom is 0.232 e. The minimum atomic E-state index is -3.49. The van der Waals surface area contributed by atoms with Gasteiger partial charge in [0.15, 0.2) is 0 Å². The minimum Gasteiger partial charge on any atom is -0.489 e. The van der Waals surface area contributed by atoms with Crippen LogP contribution in [-0.2, 0) is 14.8 Å². The molecular formula is C20H23ClN2O4S. The Morgan fingerprint density at radius 1 is 1.25 bits per heavy atom. The van der Waals surface area contributed by atoms with E-state index >= 15 is 0 Å². The first-order valence-corrected chi connectivity index (χ1v) is 10.9. The molecule has 0 unspecified atom stereocenters. The number of nitrogens with one attached hydrogen (secondary N) is 1. The molecule has 2 rings (SSSR count). The number of hydrogen-bond donors (Lipinski definition) is 1. The van der Waals surface area contributed by atoms with Crippen LogP contribution in [0.3, 0.4) is 0 Å². The van der Waals surface area contributed by atoms with Crippen LogP contribution in [-0.4, -0.2) is 33.7 Å². The van der Waals surface area contributed by atoms with E-state index < -0.39 is 10.0 Å². The van der Waals surface area contributed by atoms with Gasteiger partial charge >= 0.3 is 0 Å². The van der Waals surface area contributed by atoms with Gasteiger partial charge in [-0.15, -0.1) is 0 Å². The Kier molecular flexibility index (Phi) is 7.90. The van der Waals surface area contributed by atoms with Crippen molar-refractivity contribution in [2.24, 2.45) is 0 Å². The number of carbonyl (C=O) groups is 1. The second-order valence-corrected chi connectivity index (χ2v) is 8.44. The van der Waals surface area contributed by atoms with Crippen LogP contribution >= 0.6 is 11.6 Å². The lowest BCUT2D eigenvalue weighted by molar-refractivity contribution is -0.116. The van der Waals surface area contributed by atoms with Crippen LogP contribution in [0.1, 0.15) is 12.8 Å². The Balaban J connectivity index is 1.93. The summed E-state index contributed by atoms with van der Waals surface area (Å²) in [5.41, 5.74) is 1.09. The molecule has 2 aromatic rings. The van der Waals surface area contributed by atoms with Gasteiger partial charge in [-0.2, -0.15) is 0 Å². The zero-order valence-electron chi connectivity index (χ0n) is 15.6. The summed E-state index contributed by atoms with van der Waals surface area (Å²) < 4.78 is 30.9. The second-order valence-electron chi connectivity index (χ2n) is 6.09. The van der Waals surface area contributed by atoms with Crippen molar-refractivity contribution in [3.8, 4) is 5.75 Å². The fraction of sp³-hybridized carbons (Fsp3) is 0.250. The molecule has 0 saturated carbocycles.